The van der Waals surface area contributed by atoms with Crippen molar-refractivity contribution in [2.45, 2.75) is 12.5 Å². The molecule has 2 aromatic carbocycles. The number of carbonyl (C=O) groups is 1. The van der Waals surface area contributed by atoms with E-state index in [4.69, 9.17) is 26.8 Å². The van der Waals surface area contributed by atoms with Gasteiger partial charge in [0.25, 0.3) is 0 Å². The quantitative estimate of drug-likeness (QED) is 0.872. The van der Waals surface area contributed by atoms with Gasteiger partial charge in [-0.1, -0.05) is 41.9 Å². The van der Waals surface area contributed by atoms with Gasteiger partial charge in [-0.25, -0.2) is 0 Å². The van der Waals surface area contributed by atoms with Crippen molar-refractivity contribution in [1.29, 1.82) is 0 Å². The number of nitrogens with two attached hydrogens (primary N) is 1. The Morgan fingerprint density at radius 2 is 1.96 bits per heavy atom. The van der Waals surface area contributed by atoms with Crippen LogP contribution in [-0.2, 0) is 11.2 Å². The first-order valence-corrected chi connectivity index (χ1v) is 8.19. The molecule has 126 valence electrons. The predicted octanol–water partition coefficient (Wildman–Crippen LogP) is 2.47. The maximum absolute atomic E-state index is 12.1. The molecule has 3 N–H and O–H groups in total. The Hall–Kier alpha value is -2.24. The fourth-order valence-electron chi connectivity index (χ4n) is 2.56. The molecule has 1 amide bonds. The summed E-state index contributed by atoms with van der Waals surface area (Å²) in [5.74, 6) is 1.03. The zero-order chi connectivity index (χ0) is 16.9. The topological polar surface area (TPSA) is 73.6 Å². The minimum atomic E-state index is -0.671. The summed E-state index contributed by atoms with van der Waals surface area (Å²) in [6, 6.07) is 12.3. The average Bonchev–Trinajstić information content (AvgIpc) is 2.62. The second kappa shape index (κ2) is 7.55. The summed E-state index contributed by atoms with van der Waals surface area (Å²) >= 11 is 6.21. The fourth-order valence-corrected chi connectivity index (χ4v) is 2.85. The summed E-state index contributed by atoms with van der Waals surface area (Å²) < 4.78 is 11.0. The first-order chi connectivity index (χ1) is 11.6. The molecule has 0 spiro atoms. The largest absolute Gasteiger partial charge is 0.486 e. The number of nitrogens with one attached hydrogen (secondary N) is 1. The number of ether oxygens (including phenoxy) is 2. The van der Waals surface area contributed by atoms with E-state index in [0.717, 1.165) is 11.1 Å². The maximum Gasteiger partial charge on any atom is 0.241 e. The van der Waals surface area contributed by atoms with E-state index in [1.165, 1.54) is 0 Å². The second-order valence-corrected chi connectivity index (χ2v) is 5.94. The van der Waals surface area contributed by atoms with Crippen molar-refractivity contribution in [2.75, 3.05) is 19.8 Å². The number of carbonyl (C=O) groups excluding carboxylic acids is 1. The number of hydrogen-bond acceptors (Lipinski definition) is 4. The van der Waals surface area contributed by atoms with Gasteiger partial charge < -0.3 is 20.5 Å². The molecule has 6 heteroatoms. The molecular weight excluding hydrogens is 328 g/mol. The van der Waals surface area contributed by atoms with Crippen molar-refractivity contribution in [3.05, 3.63) is 58.6 Å². The van der Waals surface area contributed by atoms with Gasteiger partial charge in [-0.05, 0) is 29.7 Å². The Labute approximate surface area is 145 Å². The Morgan fingerprint density at radius 3 is 2.75 bits per heavy atom. The van der Waals surface area contributed by atoms with Gasteiger partial charge in [0.15, 0.2) is 11.5 Å². The highest BCUT2D eigenvalue weighted by molar-refractivity contribution is 6.32. The maximum atomic E-state index is 12.1. The zero-order valence-electron chi connectivity index (χ0n) is 13.1. The van der Waals surface area contributed by atoms with Crippen molar-refractivity contribution in [3.63, 3.8) is 0 Å². The highest BCUT2D eigenvalue weighted by Crippen LogP contribution is 2.38. The second-order valence-electron chi connectivity index (χ2n) is 5.53. The predicted molar refractivity (Wildman–Crippen MR) is 92.5 cm³/mol. The summed E-state index contributed by atoms with van der Waals surface area (Å²) in [6.45, 7) is 1.48. The van der Waals surface area contributed by atoms with Gasteiger partial charge in [-0.15, -0.1) is 0 Å². The van der Waals surface area contributed by atoms with E-state index in [0.29, 0.717) is 42.7 Å². The molecule has 0 saturated heterocycles. The van der Waals surface area contributed by atoms with Crippen LogP contribution in [0, 0.1) is 0 Å². The number of fused-ring (bicyclic) bond motifs is 1. The van der Waals surface area contributed by atoms with Crippen LogP contribution in [0.2, 0.25) is 5.02 Å². The fraction of sp³-hybridized carbons (Fsp3) is 0.278. The van der Waals surface area contributed by atoms with E-state index in [1.807, 2.05) is 42.5 Å². The van der Waals surface area contributed by atoms with Crippen LogP contribution in [0.1, 0.15) is 17.2 Å². The Bertz CT molecular complexity index is 722. The molecule has 2 aromatic rings. The van der Waals surface area contributed by atoms with Gasteiger partial charge in [-0.3, -0.25) is 4.79 Å². The first-order valence-electron chi connectivity index (χ1n) is 7.81. The lowest BCUT2D eigenvalue weighted by molar-refractivity contribution is -0.122. The molecule has 0 aliphatic carbocycles. The van der Waals surface area contributed by atoms with Crippen LogP contribution >= 0.6 is 11.6 Å². The van der Waals surface area contributed by atoms with Gasteiger partial charge in [0.05, 0.1) is 5.02 Å². The standard InChI is InChI=1S/C18H19ClN2O3/c19-14-10-12(11-15-17(14)24-9-8-23-15)6-7-21-18(22)16(20)13-4-2-1-3-5-13/h1-5,10-11,16H,6-9,20H2,(H,21,22). The number of amides is 1. The van der Waals surface area contributed by atoms with Gasteiger partial charge in [0, 0.05) is 6.54 Å². The molecule has 1 aliphatic rings. The molecule has 1 atom stereocenters. The molecule has 0 bridgehead atoms. The third-order valence-corrected chi connectivity index (χ3v) is 4.09. The van der Waals surface area contributed by atoms with E-state index in [-0.39, 0.29) is 5.91 Å². The first kappa shape index (κ1) is 16.6. The highest BCUT2D eigenvalue weighted by atomic mass is 35.5. The molecule has 3 rings (SSSR count). The lowest BCUT2D eigenvalue weighted by Crippen LogP contribution is -2.35. The normalized spacial score (nSPS) is 14.1. The van der Waals surface area contributed by atoms with Crippen molar-refractivity contribution >= 4 is 17.5 Å². The van der Waals surface area contributed by atoms with E-state index in [9.17, 15) is 4.79 Å². The molecular formula is C18H19ClN2O3. The molecule has 1 aliphatic heterocycles. The van der Waals surface area contributed by atoms with Crippen molar-refractivity contribution in [1.82, 2.24) is 5.32 Å². The minimum absolute atomic E-state index is 0.204. The van der Waals surface area contributed by atoms with Crippen LogP contribution in [0.4, 0.5) is 0 Å². The lowest BCUT2D eigenvalue weighted by Gasteiger charge is -2.20. The van der Waals surface area contributed by atoms with Crippen LogP contribution in [0.15, 0.2) is 42.5 Å². The monoisotopic (exact) mass is 346 g/mol. The SMILES string of the molecule is NC(C(=O)NCCc1cc(Cl)c2c(c1)OCCO2)c1ccccc1. The van der Waals surface area contributed by atoms with Gasteiger partial charge in [0.2, 0.25) is 5.91 Å². The number of rotatable bonds is 5. The van der Waals surface area contributed by atoms with E-state index >= 15 is 0 Å². The summed E-state index contributed by atoms with van der Waals surface area (Å²) in [7, 11) is 0. The third kappa shape index (κ3) is 3.80. The van der Waals surface area contributed by atoms with Gasteiger partial charge in [0.1, 0.15) is 19.3 Å². The molecule has 1 heterocycles. The number of hydrogen-bond donors (Lipinski definition) is 2. The van der Waals surface area contributed by atoms with Crippen LogP contribution < -0.4 is 20.5 Å². The van der Waals surface area contributed by atoms with Crippen LogP contribution in [0.5, 0.6) is 11.5 Å². The van der Waals surface area contributed by atoms with Crippen molar-refractivity contribution in [2.24, 2.45) is 5.73 Å². The molecule has 0 aromatic heterocycles. The molecule has 0 fully saturated rings. The molecule has 1 unspecified atom stereocenters. The third-order valence-electron chi connectivity index (χ3n) is 3.81. The van der Waals surface area contributed by atoms with Crippen LogP contribution in [-0.4, -0.2) is 25.7 Å². The lowest BCUT2D eigenvalue weighted by atomic mass is 10.1. The van der Waals surface area contributed by atoms with Gasteiger partial charge >= 0.3 is 0 Å². The Balaban J connectivity index is 1.56. The van der Waals surface area contributed by atoms with E-state index in [1.54, 1.807) is 0 Å². The smallest absolute Gasteiger partial charge is 0.241 e. The van der Waals surface area contributed by atoms with Crippen molar-refractivity contribution < 1.29 is 14.3 Å². The Morgan fingerprint density at radius 1 is 1.21 bits per heavy atom. The zero-order valence-corrected chi connectivity index (χ0v) is 13.9. The number of halogens is 1. The van der Waals surface area contributed by atoms with Crippen LogP contribution in [0.3, 0.4) is 0 Å². The number of benzene rings is 2. The summed E-state index contributed by atoms with van der Waals surface area (Å²) in [4.78, 5) is 12.1. The summed E-state index contributed by atoms with van der Waals surface area (Å²) in [5, 5.41) is 3.37. The van der Waals surface area contributed by atoms with Crippen molar-refractivity contribution in [3.8, 4) is 11.5 Å². The van der Waals surface area contributed by atoms with E-state index in [2.05, 4.69) is 5.32 Å². The molecule has 0 radical (unpaired) electrons. The molecule has 24 heavy (non-hydrogen) atoms. The Kier molecular flexibility index (Phi) is 5.23. The molecule has 5 nitrogen and oxygen atoms in total. The van der Waals surface area contributed by atoms with Gasteiger partial charge in [-0.2, -0.15) is 0 Å². The highest BCUT2D eigenvalue weighted by Gasteiger charge is 2.17. The minimum Gasteiger partial charge on any atom is -0.486 e. The van der Waals surface area contributed by atoms with E-state index < -0.39 is 6.04 Å². The summed E-state index contributed by atoms with van der Waals surface area (Å²) in [5.41, 5.74) is 7.72. The van der Waals surface area contributed by atoms with Crippen LogP contribution in [0.25, 0.3) is 0 Å². The molecule has 0 saturated carbocycles. The summed E-state index contributed by atoms with van der Waals surface area (Å²) in [6.07, 6.45) is 0.629. The average molecular weight is 347 g/mol.